The van der Waals surface area contributed by atoms with Crippen LogP contribution in [0.25, 0.3) is 22.5 Å². The molecule has 0 saturated carbocycles. The van der Waals surface area contributed by atoms with Crippen LogP contribution in [0.4, 0.5) is 0 Å². The van der Waals surface area contributed by atoms with Crippen LogP contribution in [0.2, 0.25) is 0 Å². The molecule has 0 aliphatic carbocycles. The number of fused-ring (bicyclic) bond motifs is 1. The van der Waals surface area contributed by atoms with E-state index in [1.54, 1.807) is 18.9 Å². The molecule has 4 rings (SSSR count). The van der Waals surface area contributed by atoms with E-state index in [0.717, 1.165) is 40.5 Å². The van der Waals surface area contributed by atoms with E-state index in [9.17, 15) is 0 Å². The van der Waals surface area contributed by atoms with E-state index in [-0.39, 0.29) is 0 Å². The Kier molecular flexibility index (Phi) is 5.11. The number of aromatic nitrogens is 4. The molecule has 0 amide bonds. The standard InChI is InChI=1S/C20H20N4O2S/c1-3-11-24-17-10-5-4-9-16(17)21-20(24)27-13-18-22-23-19(26-18)14-7-6-8-15(12-14)25-2/h4-10,12H,3,11,13H2,1-2H3. The van der Waals surface area contributed by atoms with Crippen molar-refractivity contribution in [2.75, 3.05) is 7.11 Å². The van der Waals surface area contributed by atoms with Crippen LogP contribution in [0.1, 0.15) is 19.2 Å². The second-order valence-electron chi connectivity index (χ2n) is 6.06. The fraction of sp³-hybridized carbons (Fsp3) is 0.250. The highest BCUT2D eigenvalue weighted by atomic mass is 32.2. The molecule has 0 saturated heterocycles. The van der Waals surface area contributed by atoms with E-state index < -0.39 is 0 Å². The SMILES string of the molecule is CCCn1c(SCc2nnc(-c3cccc(OC)c3)o2)nc2ccccc21. The van der Waals surface area contributed by atoms with Crippen molar-refractivity contribution >= 4 is 22.8 Å². The van der Waals surface area contributed by atoms with Crippen LogP contribution in [-0.2, 0) is 12.3 Å². The Morgan fingerprint density at radius 1 is 1.11 bits per heavy atom. The number of aryl methyl sites for hydroxylation is 1. The number of benzene rings is 2. The highest BCUT2D eigenvalue weighted by molar-refractivity contribution is 7.98. The van der Waals surface area contributed by atoms with Crippen LogP contribution < -0.4 is 4.74 Å². The maximum atomic E-state index is 5.83. The fourth-order valence-electron chi connectivity index (χ4n) is 2.91. The summed E-state index contributed by atoms with van der Waals surface area (Å²) in [5.74, 6) is 2.40. The zero-order chi connectivity index (χ0) is 18.6. The quantitative estimate of drug-likeness (QED) is 0.429. The van der Waals surface area contributed by atoms with E-state index in [1.807, 2.05) is 42.5 Å². The van der Waals surface area contributed by atoms with Crippen molar-refractivity contribution in [1.29, 1.82) is 0 Å². The van der Waals surface area contributed by atoms with Crippen LogP contribution in [0.15, 0.2) is 58.1 Å². The molecule has 2 heterocycles. The van der Waals surface area contributed by atoms with Gasteiger partial charge in [-0.3, -0.25) is 0 Å². The molecule has 0 radical (unpaired) electrons. The summed E-state index contributed by atoms with van der Waals surface area (Å²) >= 11 is 1.61. The van der Waals surface area contributed by atoms with Crippen molar-refractivity contribution in [3.63, 3.8) is 0 Å². The molecule has 7 heteroatoms. The van der Waals surface area contributed by atoms with Gasteiger partial charge in [0.15, 0.2) is 5.16 Å². The van der Waals surface area contributed by atoms with Gasteiger partial charge in [0.2, 0.25) is 11.8 Å². The molecule has 0 spiro atoms. The lowest BCUT2D eigenvalue weighted by Crippen LogP contribution is -1.98. The number of thioether (sulfide) groups is 1. The zero-order valence-electron chi connectivity index (χ0n) is 15.3. The van der Waals surface area contributed by atoms with Crippen LogP contribution in [0, 0.1) is 0 Å². The molecule has 0 aliphatic heterocycles. The number of imidazole rings is 1. The van der Waals surface area contributed by atoms with Gasteiger partial charge in [-0.25, -0.2) is 4.98 Å². The number of para-hydroxylation sites is 2. The van der Waals surface area contributed by atoms with Gasteiger partial charge < -0.3 is 13.7 Å². The van der Waals surface area contributed by atoms with Crippen LogP contribution in [0.5, 0.6) is 5.75 Å². The van der Waals surface area contributed by atoms with Crippen molar-refractivity contribution in [3.8, 4) is 17.2 Å². The van der Waals surface area contributed by atoms with Gasteiger partial charge in [0.25, 0.3) is 0 Å². The average Bonchev–Trinajstić information content (AvgIpc) is 3.32. The maximum absolute atomic E-state index is 5.83. The Balaban J connectivity index is 1.53. The molecular weight excluding hydrogens is 360 g/mol. The van der Waals surface area contributed by atoms with E-state index >= 15 is 0 Å². The first-order valence-electron chi connectivity index (χ1n) is 8.83. The number of rotatable bonds is 7. The molecule has 4 aromatic rings. The van der Waals surface area contributed by atoms with Crippen LogP contribution in [-0.4, -0.2) is 26.9 Å². The molecule has 0 atom stereocenters. The number of methoxy groups -OCH3 is 1. The maximum Gasteiger partial charge on any atom is 0.247 e. The minimum absolute atomic E-state index is 0.492. The summed E-state index contributed by atoms with van der Waals surface area (Å²) in [5, 5.41) is 9.31. The summed E-state index contributed by atoms with van der Waals surface area (Å²) in [7, 11) is 1.64. The van der Waals surface area contributed by atoms with Gasteiger partial charge in [0.1, 0.15) is 5.75 Å². The predicted octanol–water partition coefficient (Wildman–Crippen LogP) is 4.80. The molecule has 0 fully saturated rings. The molecule has 6 nitrogen and oxygen atoms in total. The number of ether oxygens (including phenoxy) is 1. The molecular formula is C20H20N4O2S. The largest absolute Gasteiger partial charge is 0.497 e. The summed E-state index contributed by atoms with van der Waals surface area (Å²) < 4.78 is 13.3. The minimum Gasteiger partial charge on any atom is -0.497 e. The lowest BCUT2D eigenvalue weighted by Gasteiger charge is -2.06. The topological polar surface area (TPSA) is 66.0 Å². The average molecular weight is 380 g/mol. The van der Waals surface area contributed by atoms with Crippen molar-refractivity contribution in [3.05, 3.63) is 54.4 Å². The molecule has 0 unspecified atom stereocenters. The van der Waals surface area contributed by atoms with Gasteiger partial charge in [0.05, 0.1) is 23.9 Å². The zero-order valence-corrected chi connectivity index (χ0v) is 16.1. The fourth-order valence-corrected chi connectivity index (χ4v) is 3.79. The third-order valence-electron chi connectivity index (χ3n) is 4.18. The van der Waals surface area contributed by atoms with Gasteiger partial charge in [-0.05, 0) is 36.8 Å². The second kappa shape index (κ2) is 7.84. The molecule has 0 N–H and O–H groups in total. The second-order valence-corrected chi connectivity index (χ2v) is 7.00. The first-order valence-corrected chi connectivity index (χ1v) is 9.82. The Morgan fingerprint density at radius 2 is 2.00 bits per heavy atom. The van der Waals surface area contributed by atoms with E-state index in [0.29, 0.717) is 17.5 Å². The first kappa shape index (κ1) is 17.6. The third kappa shape index (κ3) is 3.68. The van der Waals surface area contributed by atoms with E-state index in [2.05, 4.69) is 27.8 Å². The summed E-state index contributed by atoms with van der Waals surface area (Å²) in [5.41, 5.74) is 3.01. The van der Waals surface area contributed by atoms with Crippen molar-refractivity contribution in [2.24, 2.45) is 0 Å². The van der Waals surface area contributed by atoms with E-state index in [4.69, 9.17) is 14.1 Å². The minimum atomic E-state index is 0.492. The molecule has 0 bridgehead atoms. The van der Waals surface area contributed by atoms with Crippen molar-refractivity contribution in [2.45, 2.75) is 30.8 Å². The highest BCUT2D eigenvalue weighted by Gasteiger charge is 2.14. The Morgan fingerprint density at radius 3 is 2.85 bits per heavy atom. The van der Waals surface area contributed by atoms with Gasteiger partial charge >= 0.3 is 0 Å². The molecule has 0 aliphatic rings. The first-order chi connectivity index (χ1) is 13.3. The lowest BCUT2D eigenvalue weighted by molar-refractivity contribution is 0.414. The lowest BCUT2D eigenvalue weighted by atomic mass is 10.2. The van der Waals surface area contributed by atoms with Gasteiger partial charge in [-0.2, -0.15) is 0 Å². The normalized spacial score (nSPS) is 11.2. The highest BCUT2D eigenvalue weighted by Crippen LogP contribution is 2.28. The number of hydrogen-bond donors (Lipinski definition) is 0. The summed E-state index contributed by atoms with van der Waals surface area (Å²) in [6.45, 7) is 3.10. The van der Waals surface area contributed by atoms with Gasteiger partial charge in [0, 0.05) is 12.1 Å². The third-order valence-corrected chi connectivity index (χ3v) is 5.14. The predicted molar refractivity (Wildman–Crippen MR) is 106 cm³/mol. The molecule has 2 aromatic carbocycles. The summed E-state index contributed by atoms with van der Waals surface area (Å²) in [4.78, 5) is 4.75. The van der Waals surface area contributed by atoms with Gasteiger partial charge in [-0.1, -0.05) is 36.9 Å². The Bertz CT molecular complexity index is 1060. The monoisotopic (exact) mass is 380 g/mol. The van der Waals surface area contributed by atoms with E-state index in [1.165, 1.54) is 0 Å². The Labute approximate surface area is 161 Å². The number of hydrogen-bond acceptors (Lipinski definition) is 6. The smallest absolute Gasteiger partial charge is 0.247 e. The Hall–Kier alpha value is -2.80. The van der Waals surface area contributed by atoms with Crippen molar-refractivity contribution in [1.82, 2.24) is 19.7 Å². The summed E-state index contributed by atoms with van der Waals surface area (Å²) in [6, 6.07) is 15.8. The molecule has 27 heavy (non-hydrogen) atoms. The molecule has 2 aromatic heterocycles. The van der Waals surface area contributed by atoms with Crippen LogP contribution in [0.3, 0.4) is 0 Å². The number of nitrogens with zero attached hydrogens (tertiary/aromatic N) is 4. The van der Waals surface area contributed by atoms with Crippen LogP contribution >= 0.6 is 11.8 Å². The molecule has 138 valence electrons. The van der Waals surface area contributed by atoms with Gasteiger partial charge in [-0.15, -0.1) is 10.2 Å². The van der Waals surface area contributed by atoms with Crippen molar-refractivity contribution < 1.29 is 9.15 Å². The summed E-state index contributed by atoms with van der Waals surface area (Å²) in [6.07, 6.45) is 1.05.